The van der Waals surface area contributed by atoms with Crippen LogP contribution in [0.5, 0.6) is 11.6 Å². The summed E-state index contributed by atoms with van der Waals surface area (Å²) in [5, 5.41) is 6.01. The molecule has 236 valence electrons. The summed E-state index contributed by atoms with van der Waals surface area (Å²) in [5.41, 5.74) is -1.69. The summed E-state index contributed by atoms with van der Waals surface area (Å²) in [6, 6.07) is 5.04. The maximum Gasteiger partial charge on any atom is 0.259 e. The van der Waals surface area contributed by atoms with Gasteiger partial charge < -0.3 is 25.0 Å². The Bertz CT molecular complexity index is 1590. The molecule has 1 saturated carbocycles. The zero-order chi connectivity index (χ0) is 32.2. The number of benzene rings is 1. The number of sulfonamides is 1. The van der Waals surface area contributed by atoms with Crippen molar-refractivity contribution in [3.05, 3.63) is 55.8 Å². The quantitative estimate of drug-likeness (QED) is 0.219. The Kier molecular flexibility index (Phi) is 9.62. The lowest BCUT2D eigenvalue weighted by molar-refractivity contribution is -0.142. The minimum absolute atomic E-state index is 0.0279. The van der Waals surface area contributed by atoms with Crippen LogP contribution in [0.4, 0.5) is 0 Å². The Balaban J connectivity index is 1.59. The molecule has 4 rings (SSSR count). The molecule has 2 heterocycles. The van der Waals surface area contributed by atoms with Gasteiger partial charge in [0, 0.05) is 18.0 Å². The fourth-order valence-electron chi connectivity index (χ4n) is 5.01. The molecule has 1 aromatic carbocycles. The zero-order valence-corrected chi connectivity index (χ0v) is 25.7. The molecular weight excluding hydrogens is 590 g/mol. The Labute approximate surface area is 256 Å². The molecule has 2 aliphatic rings. The second-order valence-electron chi connectivity index (χ2n) is 11.1. The Morgan fingerprint density at radius 3 is 2.57 bits per heavy atom. The summed E-state index contributed by atoms with van der Waals surface area (Å²) in [6.45, 7) is 9.88. The summed E-state index contributed by atoms with van der Waals surface area (Å²) >= 11 is 0. The van der Waals surface area contributed by atoms with Crippen LogP contribution in [0, 0.1) is 0 Å². The summed E-state index contributed by atoms with van der Waals surface area (Å²) in [6.07, 6.45) is 4.15. The molecule has 0 radical (unpaired) electrons. The van der Waals surface area contributed by atoms with Gasteiger partial charge in [0.1, 0.15) is 29.5 Å². The van der Waals surface area contributed by atoms with Gasteiger partial charge in [0.2, 0.25) is 33.6 Å². The number of pyridine rings is 1. The average Bonchev–Trinajstić information content (AvgIpc) is 3.77. The van der Waals surface area contributed by atoms with Crippen molar-refractivity contribution in [1.82, 2.24) is 25.2 Å². The zero-order valence-electron chi connectivity index (χ0n) is 24.9. The molecule has 1 aliphatic carbocycles. The lowest BCUT2D eigenvalue weighted by Gasteiger charge is -2.32. The van der Waals surface area contributed by atoms with E-state index >= 15 is 0 Å². The van der Waals surface area contributed by atoms with Crippen molar-refractivity contribution in [2.24, 2.45) is 0 Å². The van der Waals surface area contributed by atoms with E-state index in [-0.39, 0.29) is 25.3 Å². The number of carbonyl (C=O) groups is 4. The van der Waals surface area contributed by atoms with Gasteiger partial charge in [-0.05, 0) is 68.8 Å². The fraction of sp³-hybridized carbons (Fsp3) is 0.433. The topological polar surface area (TPSA) is 173 Å². The van der Waals surface area contributed by atoms with E-state index in [0.29, 0.717) is 24.0 Å². The lowest BCUT2D eigenvalue weighted by Crippen LogP contribution is -2.61. The first-order chi connectivity index (χ1) is 20.8. The van der Waals surface area contributed by atoms with Crippen LogP contribution in [0.15, 0.2) is 55.8 Å². The first kappa shape index (κ1) is 32.5. The first-order valence-corrected chi connectivity index (χ1v) is 15.7. The molecule has 0 spiro atoms. The van der Waals surface area contributed by atoms with E-state index in [0.717, 1.165) is 11.5 Å². The van der Waals surface area contributed by atoms with Gasteiger partial charge in [-0.1, -0.05) is 12.7 Å². The van der Waals surface area contributed by atoms with Crippen LogP contribution in [-0.4, -0.2) is 84.6 Å². The van der Waals surface area contributed by atoms with Gasteiger partial charge >= 0.3 is 0 Å². The average molecular weight is 628 g/mol. The van der Waals surface area contributed by atoms with E-state index in [1.54, 1.807) is 31.5 Å². The van der Waals surface area contributed by atoms with Gasteiger partial charge in [0.05, 0.1) is 18.9 Å². The van der Waals surface area contributed by atoms with Crippen LogP contribution in [0.3, 0.4) is 0 Å². The van der Waals surface area contributed by atoms with Crippen molar-refractivity contribution in [3.63, 3.8) is 0 Å². The highest BCUT2D eigenvalue weighted by Gasteiger charge is 2.46. The van der Waals surface area contributed by atoms with Gasteiger partial charge in [-0.25, -0.2) is 13.4 Å². The number of ether oxygens (including phenoxy) is 2. The molecule has 1 aromatic heterocycles. The fourth-order valence-corrected chi connectivity index (χ4v) is 6.42. The van der Waals surface area contributed by atoms with Gasteiger partial charge in [-0.2, -0.15) is 0 Å². The molecule has 3 N–H and O–H groups in total. The molecule has 2 aromatic rings. The van der Waals surface area contributed by atoms with Crippen LogP contribution in [0.1, 0.15) is 39.5 Å². The summed E-state index contributed by atoms with van der Waals surface area (Å²) in [5.74, 6) is -1.81. The van der Waals surface area contributed by atoms with Crippen molar-refractivity contribution in [1.29, 1.82) is 0 Å². The van der Waals surface area contributed by atoms with Gasteiger partial charge in [0.25, 0.3) is 5.91 Å². The van der Waals surface area contributed by atoms with Crippen molar-refractivity contribution in [2.45, 2.75) is 68.5 Å². The number of fused-ring (bicyclic) bond motifs is 1. The van der Waals surface area contributed by atoms with E-state index in [4.69, 9.17) is 9.47 Å². The number of nitrogens with zero attached hydrogens (tertiary/aromatic N) is 2. The van der Waals surface area contributed by atoms with E-state index in [1.807, 2.05) is 6.07 Å². The summed E-state index contributed by atoms with van der Waals surface area (Å²) in [4.78, 5) is 58.0. The number of nitrogens with one attached hydrogen (secondary N) is 3. The predicted octanol–water partition coefficient (Wildman–Crippen LogP) is 1.34. The number of hydrogen-bond donors (Lipinski definition) is 3. The third-order valence-corrected chi connectivity index (χ3v) is 9.45. The highest BCUT2D eigenvalue weighted by atomic mass is 32.2. The third-order valence-electron chi connectivity index (χ3n) is 7.63. The van der Waals surface area contributed by atoms with Crippen LogP contribution in [0.25, 0.3) is 10.8 Å². The predicted molar refractivity (Wildman–Crippen MR) is 162 cm³/mol. The van der Waals surface area contributed by atoms with Crippen LogP contribution in [0.2, 0.25) is 0 Å². The maximum absolute atomic E-state index is 13.8. The highest BCUT2D eigenvalue weighted by Crippen LogP contribution is 2.31. The highest BCUT2D eigenvalue weighted by molar-refractivity contribution is 7.90. The second kappa shape index (κ2) is 13.0. The molecule has 4 amide bonds. The number of rotatable bonds is 13. The van der Waals surface area contributed by atoms with Crippen molar-refractivity contribution in [2.75, 3.05) is 13.7 Å². The van der Waals surface area contributed by atoms with Crippen molar-refractivity contribution >= 4 is 44.4 Å². The number of hydrogen-bond acceptors (Lipinski definition) is 9. The molecule has 1 aliphatic heterocycles. The van der Waals surface area contributed by atoms with Gasteiger partial charge in [0.15, 0.2) is 0 Å². The summed E-state index contributed by atoms with van der Waals surface area (Å²) < 4.78 is 38.6. The van der Waals surface area contributed by atoms with E-state index in [9.17, 15) is 27.6 Å². The largest absolute Gasteiger partial charge is 0.497 e. The number of likely N-dealkylation sites (tertiary alicyclic amines) is 1. The third kappa shape index (κ3) is 7.18. The molecular formula is C30H37N5O8S. The van der Waals surface area contributed by atoms with Crippen LogP contribution >= 0.6 is 0 Å². The minimum Gasteiger partial charge on any atom is -0.497 e. The number of amides is 4. The van der Waals surface area contributed by atoms with E-state index in [2.05, 4.69) is 33.5 Å². The molecule has 14 heteroatoms. The molecule has 44 heavy (non-hydrogen) atoms. The molecule has 13 nitrogen and oxygen atoms in total. The molecule has 1 saturated heterocycles. The lowest BCUT2D eigenvalue weighted by atomic mass is 9.96. The normalized spacial score (nSPS) is 20.1. The maximum atomic E-state index is 13.8. The smallest absolute Gasteiger partial charge is 0.259 e. The number of carbonyl (C=O) groups excluding carboxylic acids is 4. The Morgan fingerprint density at radius 2 is 1.93 bits per heavy atom. The minimum atomic E-state index is -3.89. The molecule has 0 unspecified atom stereocenters. The standard InChI is InChI=1S/C30H37N5O8S/c1-6-13-30(4,29(39)34-44(40,41)22-9-10-22)33-26(37)24-16-21(17-35(24)28(38)18(3)32-25(36)7-2)43-27-23-11-8-20(42-5)15-19(23)12-14-31-27/h6-8,11-12,14-15,18,21-22,24H,1-2,9-10,13,16-17H2,3-5H3,(H,32,36)(H,33,37)(H,34,39)/t18-,21-,24+,30-/m1/s1. The Hall–Kier alpha value is -4.46. The monoisotopic (exact) mass is 627 g/mol. The van der Waals surface area contributed by atoms with Crippen LogP contribution in [-0.2, 0) is 29.2 Å². The number of aromatic nitrogens is 1. The first-order valence-electron chi connectivity index (χ1n) is 14.1. The molecule has 0 bridgehead atoms. The Morgan fingerprint density at radius 1 is 1.20 bits per heavy atom. The molecule has 2 fully saturated rings. The molecule has 4 atom stereocenters. The SMILES string of the molecule is C=CC[C@@](C)(NC(=O)[C@@H]1C[C@@H](Oc2nccc3cc(OC)ccc23)CN1C(=O)[C@@H](C)NC(=O)C=C)C(=O)NS(=O)(=O)C1CC1. The van der Waals surface area contributed by atoms with Gasteiger partial charge in [-0.3, -0.25) is 23.9 Å². The van der Waals surface area contributed by atoms with Crippen LogP contribution < -0.4 is 24.8 Å². The van der Waals surface area contributed by atoms with Crippen molar-refractivity contribution in [3.8, 4) is 11.6 Å². The summed E-state index contributed by atoms with van der Waals surface area (Å²) in [7, 11) is -2.33. The van der Waals surface area contributed by atoms with E-state index in [1.165, 1.54) is 24.8 Å². The number of methoxy groups -OCH3 is 1. The van der Waals surface area contributed by atoms with Crippen molar-refractivity contribution < 1.29 is 37.1 Å². The second-order valence-corrected chi connectivity index (χ2v) is 13.1. The van der Waals surface area contributed by atoms with E-state index < -0.39 is 62.6 Å². The van der Waals surface area contributed by atoms with Gasteiger partial charge in [-0.15, -0.1) is 6.58 Å².